The Morgan fingerprint density at radius 2 is 1.77 bits per heavy atom. The van der Waals surface area contributed by atoms with Crippen LogP contribution in [-0.2, 0) is 0 Å². The normalized spacial score (nSPS) is 35.6. The predicted molar refractivity (Wildman–Crippen MR) is 87.2 cm³/mol. The number of nitrogens with one attached hydrogen (secondary N) is 1. The molecule has 0 aliphatic heterocycles. The molecular formula is C17H20Cl2N2O. The minimum atomic E-state index is -0.0955. The Kier molecular flexibility index (Phi) is 3.61. The van der Waals surface area contributed by atoms with Crippen LogP contribution >= 0.6 is 23.2 Å². The number of pyridine rings is 1. The number of aromatic nitrogens is 1. The van der Waals surface area contributed by atoms with Crippen molar-refractivity contribution in [2.75, 3.05) is 6.54 Å². The second kappa shape index (κ2) is 5.38. The maximum Gasteiger partial charge on any atom is 0.252 e. The Labute approximate surface area is 140 Å². The lowest BCUT2D eigenvalue weighted by molar-refractivity contribution is -0.0503. The molecule has 5 rings (SSSR count). The van der Waals surface area contributed by atoms with Crippen LogP contribution in [0.3, 0.4) is 0 Å². The van der Waals surface area contributed by atoms with Gasteiger partial charge in [-0.2, -0.15) is 0 Å². The van der Waals surface area contributed by atoms with Gasteiger partial charge < -0.3 is 5.32 Å². The van der Waals surface area contributed by atoms with Crippen molar-refractivity contribution in [3.63, 3.8) is 0 Å². The van der Waals surface area contributed by atoms with Crippen LogP contribution < -0.4 is 5.32 Å². The summed E-state index contributed by atoms with van der Waals surface area (Å²) < 4.78 is 0. The third kappa shape index (κ3) is 2.63. The molecule has 1 aromatic rings. The minimum Gasteiger partial charge on any atom is -0.351 e. The number of hydrogen-bond donors (Lipinski definition) is 1. The van der Waals surface area contributed by atoms with Crippen molar-refractivity contribution in [1.82, 2.24) is 10.3 Å². The Morgan fingerprint density at radius 3 is 2.32 bits per heavy atom. The van der Waals surface area contributed by atoms with E-state index in [1.165, 1.54) is 44.7 Å². The predicted octanol–water partition coefficient (Wildman–Crippen LogP) is 4.33. The monoisotopic (exact) mass is 338 g/mol. The molecule has 0 radical (unpaired) electrons. The molecule has 1 heterocycles. The topological polar surface area (TPSA) is 42.0 Å². The van der Waals surface area contributed by atoms with E-state index in [0.717, 1.165) is 24.3 Å². The number of amides is 1. The molecule has 4 saturated carbocycles. The van der Waals surface area contributed by atoms with Crippen LogP contribution in [0.5, 0.6) is 0 Å². The van der Waals surface area contributed by atoms with Crippen LogP contribution in [0.2, 0.25) is 10.2 Å². The van der Waals surface area contributed by atoms with Gasteiger partial charge in [-0.05, 0) is 67.8 Å². The number of carbonyl (C=O) groups is 1. The Hall–Kier alpha value is -0.800. The fourth-order valence-corrected chi connectivity index (χ4v) is 5.69. The lowest BCUT2D eigenvalue weighted by Gasteiger charge is -2.56. The van der Waals surface area contributed by atoms with Crippen molar-refractivity contribution in [2.24, 2.45) is 23.2 Å². The summed E-state index contributed by atoms with van der Waals surface area (Å²) in [5.74, 6) is 2.60. The van der Waals surface area contributed by atoms with Crippen LogP contribution in [0.15, 0.2) is 12.3 Å². The summed E-state index contributed by atoms with van der Waals surface area (Å²) in [6, 6.07) is 1.59. The molecule has 0 unspecified atom stereocenters. The maximum absolute atomic E-state index is 12.3. The summed E-state index contributed by atoms with van der Waals surface area (Å²) in [5.41, 5.74) is 0.827. The molecule has 5 heteroatoms. The standard InChI is InChI=1S/C17H20Cl2N2O/c18-14-4-13(8-20-15(14)19)16(22)21-9-17-5-10-1-11(6-17)3-12(2-10)7-17/h4,8,10-12H,1-3,5-7,9H2,(H,21,22). The molecule has 0 saturated heterocycles. The Bertz CT molecular complexity index is 581. The minimum absolute atomic E-state index is 0.0955. The van der Waals surface area contributed by atoms with E-state index in [-0.39, 0.29) is 11.1 Å². The quantitative estimate of drug-likeness (QED) is 0.833. The summed E-state index contributed by atoms with van der Waals surface area (Å²) >= 11 is 11.7. The number of rotatable bonds is 3. The second-order valence-electron chi connectivity index (χ2n) is 7.60. The van der Waals surface area contributed by atoms with Gasteiger partial charge in [0.05, 0.1) is 10.6 Å². The van der Waals surface area contributed by atoms with Crippen molar-refractivity contribution in [3.8, 4) is 0 Å². The van der Waals surface area contributed by atoms with Crippen molar-refractivity contribution < 1.29 is 4.79 Å². The highest BCUT2D eigenvalue weighted by molar-refractivity contribution is 6.41. The van der Waals surface area contributed by atoms with Gasteiger partial charge in [0.15, 0.2) is 0 Å². The number of nitrogens with zero attached hydrogens (tertiary/aromatic N) is 1. The molecular weight excluding hydrogens is 319 g/mol. The molecule has 1 aromatic heterocycles. The van der Waals surface area contributed by atoms with Gasteiger partial charge in [-0.1, -0.05) is 23.2 Å². The molecule has 4 aliphatic carbocycles. The van der Waals surface area contributed by atoms with Crippen LogP contribution in [0.4, 0.5) is 0 Å². The zero-order chi connectivity index (χ0) is 15.3. The largest absolute Gasteiger partial charge is 0.351 e. The van der Waals surface area contributed by atoms with Gasteiger partial charge in [0, 0.05) is 12.7 Å². The van der Waals surface area contributed by atoms with Gasteiger partial charge in [0.25, 0.3) is 5.91 Å². The smallest absolute Gasteiger partial charge is 0.252 e. The number of carbonyl (C=O) groups excluding carboxylic acids is 1. The van der Waals surface area contributed by atoms with E-state index >= 15 is 0 Å². The third-order valence-corrected chi connectivity index (χ3v) is 6.53. The van der Waals surface area contributed by atoms with Crippen LogP contribution in [0, 0.1) is 23.2 Å². The highest BCUT2D eigenvalue weighted by Crippen LogP contribution is 2.59. The lowest BCUT2D eigenvalue weighted by Crippen LogP contribution is -2.51. The van der Waals surface area contributed by atoms with Crippen molar-refractivity contribution in [1.29, 1.82) is 0 Å². The molecule has 1 amide bonds. The average Bonchev–Trinajstić information content (AvgIpc) is 2.46. The van der Waals surface area contributed by atoms with Crippen LogP contribution in [0.1, 0.15) is 48.9 Å². The fourth-order valence-electron chi connectivity index (χ4n) is 5.42. The van der Waals surface area contributed by atoms with E-state index in [1.807, 2.05) is 0 Å². The first-order valence-electron chi connectivity index (χ1n) is 8.12. The molecule has 0 atom stereocenters. The zero-order valence-electron chi connectivity index (χ0n) is 12.4. The summed E-state index contributed by atoms with van der Waals surface area (Å²) in [7, 11) is 0. The highest BCUT2D eigenvalue weighted by Gasteiger charge is 2.50. The first-order valence-corrected chi connectivity index (χ1v) is 8.88. The van der Waals surface area contributed by atoms with E-state index in [1.54, 1.807) is 6.07 Å². The van der Waals surface area contributed by atoms with Crippen LogP contribution in [-0.4, -0.2) is 17.4 Å². The van der Waals surface area contributed by atoms with Gasteiger partial charge in [-0.3, -0.25) is 4.79 Å². The first kappa shape index (κ1) is 14.8. The van der Waals surface area contributed by atoms with E-state index < -0.39 is 0 Å². The fraction of sp³-hybridized carbons (Fsp3) is 0.647. The van der Waals surface area contributed by atoms with Crippen LogP contribution in [0.25, 0.3) is 0 Å². The SMILES string of the molecule is O=C(NCC12CC3CC(CC(C3)C1)C2)c1cnc(Cl)c(Cl)c1. The number of halogens is 2. The molecule has 3 nitrogen and oxygen atoms in total. The molecule has 0 spiro atoms. The van der Waals surface area contributed by atoms with Gasteiger partial charge in [-0.15, -0.1) is 0 Å². The average molecular weight is 339 g/mol. The highest BCUT2D eigenvalue weighted by atomic mass is 35.5. The maximum atomic E-state index is 12.3. The second-order valence-corrected chi connectivity index (χ2v) is 8.36. The molecule has 22 heavy (non-hydrogen) atoms. The van der Waals surface area contributed by atoms with Gasteiger partial charge in [0.2, 0.25) is 0 Å². The molecule has 4 aliphatic rings. The Balaban J connectivity index is 1.44. The molecule has 1 N–H and O–H groups in total. The molecule has 4 fully saturated rings. The van der Waals surface area contributed by atoms with Crippen molar-refractivity contribution >= 4 is 29.1 Å². The van der Waals surface area contributed by atoms with E-state index in [2.05, 4.69) is 10.3 Å². The lowest BCUT2D eigenvalue weighted by atomic mass is 9.49. The zero-order valence-corrected chi connectivity index (χ0v) is 14.0. The third-order valence-electron chi connectivity index (χ3n) is 5.85. The summed E-state index contributed by atoms with van der Waals surface area (Å²) in [4.78, 5) is 16.3. The summed E-state index contributed by atoms with van der Waals surface area (Å²) in [5, 5.41) is 3.68. The van der Waals surface area contributed by atoms with Gasteiger partial charge in [0.1, 0.15) is 5.15 Å². The summed E-state index contributed by atoms with van der Waals surface area (Å²) in [6.07, 6.45) is 9.62. The number of hydrogen-bond acceptors (Lipinski definition) is 2. The van der Waals surface area contributed by atoms with E-state index in [0.29, 0.717) is 16.0 Å². The Morgan fingerprint density at radius 1 is 1.18 bits per heavy atom. The van der Waals surface area contributed by atoms with Crippen molar-refractivity contribution in [2.45, 2.75) is 38.5 Å². The van der Waals surface area contributed by atoms with Gasteiger partial charge in [-0.25, -0.2) is 4.98 Å². The van der Waals surface area contributed by atoms with Crippen molar-refractivity contribution in [3.05, 3.63) is 28.0 Å². The first-order chi connectivity index (χ1) is 10.5. The van der Waals surface area contributed by atoms with E-state index in [4.69, 9.17) is 23.2 Å². The molecule has 4 bridgehead atoms. The van der Waals surface area contributed by atoms with Gasteiger partial charge >= 0.3 is 0 Å². The molecule has 118 valence electrons. The van der Waals surface area contributed by atoms with E-state index in [9.17, 15) is 4.79 Å². The molecule has 0 aromatic carbocycles. The summed E-state index contributed by atoms with van der Waals surface area (Å²) in [6.45, 7) is 0.787.